The Bertz CT molecular complexity index is 1200. The lowest BCUT2D eigenvalue weighted by Crippen LogP contribution is -2.41. The molecular formula is C21H27N5O5S. The van der Waals surface area contributed by atoms with Crippen molar-refractivity contribution in [2.24, 2.45) is 9.98 Å². The van der Waals surface area contributed by atoms with E-state index in [1.54, 1.807) is 12.1 Å². The van der Waals surface area contributed by atoms with Crippen LogP contribution >= 0.6 is 0 Å². The lowest BCUT2D eigenvalue weighted by atomic mass is 10.3. The molecule has 2 aromatic carbocycles. The van der Waals surface area contributed by atoms with Crippen molar-refractivity contribution in [1.82, 2.24) is 10.2 Å². The summed E-state index contributed by atoms with van der Waals surface area (Å²) >= 11 is 0. The van der Waals surface area contributed by atoms with Crippen LogP contribution in [0.15, 0.2) is 57.3 Å². The number of fused-ring (bicyclic) bond motifs is 1. The van der Waals surface area contributed by atoms with Gasteiger partial charge in [-0.25, -0.2) is 14.8 Å². The highest BCUT2D eigenvalue weighted by Crippen LogP contribution is 2.19. The number of hydrogen-bond acceptors (Lipinski definition) is 8. The first-order chi connectivity index (χ1) is 15.1. The van der Waals surface area contributed by atoms with E-state index in [9.17, 15) is 13.2 Å². The number of nitrogens with one attached hydrogen (secondary N) is 2. The van der Waals surface area contributed by atoms with E-state index in [0.717, 1.165) is 31.9 Å². The van der Waals surface area contributed by atoms with E-state index in [4.69, 9.17) is 9.29 Å². The number of rotatable bonds is 10. The molecule has 1 aliphatic rings. The maximum atomic E-state index is 12.7. The van der Waals surface area contributed by atoms with Crippen LogP contribution < -0.4 is 25.5 Å². The predicted molar refractivity (Wildman–Crippen MR) is 119 cm³/mol. The molecule has 172 valence electrons. The molecule has 0 aliphatic carbocycles. The molecule has 32 heavy (non-hydrogen) atoms. The molecule has 2 aromatic rings. The highest BCUT2D eigenvalue weighted by molar-refractivity contribution is 7.87. The minimum Gasteiger partial charge on any atom is -0.465 e. The Balaban J connectivity index is 1.69. The quantitative estimate of drug-likeness (QED) is 0.456. The van der Waals surface area contributed by atoms with Crippen molar-refractivity contribution in [1.29, 1.82) is 0 Å². The molecular weight excluding hydrogens is 434 g/mol. The van der Waals surface area contributed by atoms with Crippen LogP contribution in [0.1, 0.15) is 20.8 Å². The topological polar surface area (TPSA) is 133 Å². The molecule has 1 aliphatic heterocycles. The number of benzene rings is 2. The van der Waals surface area contributed by atoms with E-state index in [0.29, 0.717) is 10.7 Å². The fourth-order valence-electron chi connectivity index (χ4n) is 3.30. The van der Waals surface area contributed by atoms with E-state index >= 15 is 0 Å². The Hall–Kier alpha value is -3.18. The molecule has 1 amide bonds. The van der Waals surface area contributed by atoms with Gasteiger partial charge in [0.25, 0.3) is 0 Å². The van der Waals surface area contributed by atoms with Gasteiger partial charge >= 0.3 is 16.2 Å². The zero-order chi connectivity index (χ0) is 23.4. The Morgan fingerprint density at radius 3 is 2.38 bits per heavy atom. The molecule has 0 aromatic heterocycles. The molecule has 10 nitrogen and oxygen atoms in total. The second kappa shape index (κ2) is 9.53. The minimum absolute atomic E-state index is 0.0197. The van der Waals surface area contributed by atoms with E-state index in [1.807, 2.05) is 0 Å². The van der Waals surface area contributed by atoms with Crippen LogP contribution in [-0.2, 0) is 10.1 Å². The van der Waals surface area contributed by atoms with Gasteiger partial charge in [0.2, 0.25) is 5.79 Å². The first-order valence-corrected chi connectivity index (χ1v) is 11.7. The largest absolute Gasteiger partial charge is 0.465 e. The fourth-order valence-corrected chi connectivity index (χ4v) is 4.23. The number of carboxylic acid groups (broad SMARTS) is 1. The molecule has 3 N–H and O–H groups in total. The van der Waals surface area contributed by atoms with Crippen molar-refractivity contribution in [3.8, 4) is 5.75 Å². The SMILES string of the molecule is CCN(CC)CCNc1ccc(S(=O)(=O)Oc2ccc3c(c2)=NC(C)(NC(=O)O)N=3)cc1. The third-order valence-corrected chi connectivity index (χ3v) is 6.23. The Kier molecular flexibility index (Phi) is 6.99. The van der Waals surface area contributed by atoms with Crippen LogP contribution in [0.5, 0.6) is 5.75 Å². The molecule has 1 atom stereocenters. The van der Waals surface area contributed by atoms with Crippen LogP contribution in [0, 0.1) is 0 Å². The summed E-state index contributed by atoms with van der Waals surface area (Å²) in [4.78, 5) is 21.6. The van der Waals surface area contributed by atoms with Crippen LogP contribution in [-0.4, -0.2) is 56.5 Å². The average Bonchev–Trinajstić information content (AvgIpc) is 3.05. The third kappa shape index (κ3) is 5.74. The summed E-state index contributed by atoms with van der Waals surface area (Å²) in [5.41, 5.74) is 0.819. The molecule has 0 bridgehead atoms. The van der Waals surface area contributed by atoms with Gasteiger partial charge in [-0.3, -0.25) is 5.32 Å². The first-order valence-electron chi connectivity index (χ1n) is 10.3. The minimum atomic E-state index is -4.06. The standard InChI is InChI=1S/C21H27N5O5S/c1-4-26(5-2)13-12-22-15-6-9-17(10-7-15)32(29,30)31-16-8-11-18-19(14-16)24-21(3,23-18)25-20(27)28/h6-11,14,22,25H,4-5,12-13H2,1-3H3,(H,27,28). The van der Waals surface area contributed by atoms with Gasteiger partial charge < -0.3 is 19.5 Å². The monoisotopic (exact) mass is 461 g/mol. The number of nitrogens with zero attached hydrogens (tertiary/aromatic N) is 3. The van der Waals surface area contributed by atoms with Crippen molar-refractivity contribution in [2.45, 2.75) is 31.5 Å². The second-order valence-electron chi connectivity index (χ2n) is 7.34. The summed E-state index contributed by atoms with van der Waals surface area (Å²) in [6.07, 6.45) is -1.27. The van der Waals surface area contributed by atoms with Gasteiger partial charge in [0.15, 0.2) is 0 Å². The van der Waals surface area contributed by atoms with E-state index in [2.05, 4.69) is 39.4 Å². The predicted octanol–water partition coefficient (Wildman–Crippen LogP) is 1.40. The average molecular weight is 462 g/mol. The highest BCUT2D eigenvalue weighted by Gasteiger charge is 2.27. The fraction of sp³-hybridized carbons (Fsp3) is 0.381. The molecule has 1 heterocycles. The van der Waals surface area contributed by atoms with E-state index < -0.39 is 22.0 Å². The van der Waals surface area contributed by atoms with Crippen molar-refractivity contribution in [3.05, 3.63) is 53.2 Å². The van der Waals surface area contributed by atoms with Gasteiger partial charge in [-0.15, -0.1) is 0 Å². The summed E-state index contributed by atoms with van der Waals surface area (Å²) in [5, 5.41) is 15.2. The maximum absolute atomic E-state index is 12.7. The van der Waals surface area contributed by atoms with Gasteiger partial charge in [-0.05, 0) is 49.5 Å². The number of hydrogen-bond donors (Lipinski definition) is 3. The number of anilines is 1. The first kappa shape index (κ1) is 23.5. The molecule has 3 rings (SSSR count). The van der Waals surface area contributed by atoms with Gasteiger partial charge in [0.1, 0.15) is 10.6 Å². The van der Waals surface area contributed by atoms with Gasteiger partial charge in [0.05, 0.1) is 10.7 Å². The molecule has 0 fully saturated rings. The van der Waals surface area contributed by atoms with Crippen molar-refractivity contribution in [2.75, 3.05) is 31.5 Å². The Morgan fingerprint density at radius 1 is 1.09 bits per heavy atom. The van der Waals surface area contributed by atoms with Crippen LogP contribution in [0.3, 0.4) is 0 Å². The van der Waals surface area contributed by atoms with Crippen molar-refractivity contribution < 1.29 is 22.5 Å². The zero-order valence-corrected chi connectivity index (χ0v) is 19.0. The van der Waals surface area contributed by atoms with Crippen LogP contribution in [0.2, 0.25) is 0 Å². The number of carbonyl (C=O) groups is 1. The maximum Gasteiger partial charge on any atom is 0.408 e. The summed E-state index contributed by atoms with van der Waals surface area (Å²) in [5.74, 6) is -1.30. The smallest absolute Gasteiger partial charge is 0.408 e. The van der Waals surface area contributed by atoms with Crippen molar-refractivity contribution in [3.63, 3.8) is 0 Å². The van der Waals surface area contributed by atoms with Gasteiger partial charge in [-0.1, -0.05) is 13.8 Å². The number of likely N-dealkylation sites (N-methyl/N-ethyl adjacent to an activating group) is 1. The van der Waals surface area contributed by atoms with Crippen LogP contribution in [0.25, 0.3) is 0 Å². The van der Waals surface area contributed by atoms with Gasteiger partial charge in [0, 0.05) is 31.8 Å². The lowest BCUT2D eigenvalue weighted by Gasteiger charge is -2.18. The lowest BCUT2D eigenvalue weighted by molar-refractivity contribution is 0.182. The Morgan fingerprint density at radius 2 is 1.75 bits per heavy atom. The van der Waals surface area contributed by atoms with Gasteiger partial charge in [-0.2, -0.15) is 8.42 Å². The van der Waals surface area contributed by atoms with E-state index in [-0.39, 0.29) is 10.6 Å². The summed E-state index contributed by atoms with van der Waals surface area (Å²) in [6, 6.07) is 10.7. The molecule has 0 spiro atoms. The zero-order valence-electron chi connectivity index (χ0n) is 18.2. The van der Waals surface area contributed by atoms with Crippen molar-refractivity contribution >= 4 is 21.9 Å². The van der Waals surface area contributed by atoms with E-state index in [1.165, 1.54) is 37.3 Å². The summed E-state index contributed by atoms with van der Waals surface area (Å²) in [7, 11) is -4.06. The molecule has 0 saturated carbocycles. The summed E-state index contributed by atoms with van der Waals surface area (Å²) in [6.45, 7) is 9.32. The summed E-state index contributed by atoms with van der Waals surface area (Å²) < 4.78 is 30.6. The Labute approximate surface area is 186 Å². The highest BCUT2D eigenvalue weighted by atomic mass is 32.2. The second-order valence-corrected chi connectivity index (χ2v) is 8.89. The normalized spacial score (nSPS) is 17.2. The van der Waals surface area contributed by atoms with Crippen LogP contribution in [0.4, 0.5) is 10.5 Å². The molecule has 11 heteroatoms. The molecule has 0 saturated heterocycles. The molecule has 0 radical (unpaired) electrons. The molecule has 1 unspecified atom stereocenters. The number of amides is 1. The third-order valence-electron chi connectivity index (χ3n) is 4.97.